The zero-order valence-corrected chi connectivity index (χ0v) is 8.60. The van der Waals surface area contributed by atoms with Crippen LogP contribution in [0.2, 0.25) is 0 Å². The van der Waals surface area contributed by atoms with E-state index >= 15 is 0 Å². The molecular weight excluding hydrogens is 191 g/mol. The van der Waals surface area contributed by atoms with Crippen LogP contribution in [-0.4, -0.2) is 49.8 Å². The summed E-state index contributed by atoms with van der Waals surface area (Å²) in [4.78, 5) is 10.8. The Morgan fingerprint density at radius 2 is 2.40 bits per heavy atom. The van der Waals surface area contributed by atoms with Gasteiger partial charge < -0.3 is 0 Å². The van der Waals surface area contributed by atoms with Gasteiger partial charge in [0.2, 0.25) is 0 Å². The molecule has 8 heteroatoms. The van der Waals surface area contributed by atoms with Crippen molar-refractivity contribution >= 4 is 32.8 Å². The summed E-state index contributed by atoms with van der Waals surface area (Å²) in [5, 5.41) is 9.39. The minimum absolute atomic E-state index is 0.568. The van der Waals surface area contributed by atoms with Gasteiger partial charge in [0.1, 0.15) is 0 Å². The van der Waals surface area contributed by atoms with Gasteiger partial charge in [-0.2, -0.15) is 0 Å². The molecule has 0 aromatic rings. The number of hydrogen-bond donors (Lipinski definition) is 3. The standard InChI is InChI=1S/C7H12B3N3O2/c1-13-9-7(8-10-13)5(4-11)2-3-6(14)12-15/h2-4,9-10,15H,11H2,1H3,(H,12,14)/b3-2+,5-4+. The number of nitrogens with two attached hydrogens (primary N) is 1. The van der Waals surface area contributed by atoms with Crippen molar-refractivity contribution in [2.75, 3.05) is 7.05 Å². The van der Waals surface area contributed by atoms with Crippen molar-refractivity contribution in [2.45, 2.75) is 0 Å². The number of allylic oxidation sites excluding steroid dienone is 2. The predicted molar refractivity (Wildman–Crippen MR) is 64.2 cm³/mol. The van der Waals surface area contributed by atoms with Crippen LogP contribution < -0.4 is 11.2 Å². The average molecular weight is 203 g/mol. The third-order valence-corrected chi connectivity index (χ3v) is 2.16. The van der Waals surface area contributed by atoms with Gasteiger partial charge in [-0.25, -0.2) is 0 Å². The monoisotopic (exact) mass is 203 g/mol. The van der Waals surface area contributed by atoms with Crippen LogP contribution in [0.25, 0.3) is 0 Å². The van der Waals surface area contributed by atoms with Gasteiger partial charge in [0.25, 0.3) is 0 Å². The number of nitrogens with zero attached hydrogens (tertiary/aromatic N) is 1. The van der Waals surface area contributed by atoms with Gasteiger partial charge >= 0.3 is 89.7 Å². The normalized spacial score (nSPS) is 16.7. The van der Waals surface area contributed by atoms with Crippen LogP contribution in [0.3, 0.4) is 0 Å². The van der Waals surface area contributed by atoms with Crippen LogP contribution in [-0.2, 0) is 4.79 Å². The molecule has 0 radical (unpaired) electrons. The van der Waals surface area contributed by atoms with E-state index in [0.29, 0.717) is 0 Å². The molecular formula is C7H12B3N3O2. The second-order valence-corrected chi connectivity index (χ2v) is 3.36. The Morgan fingerprint density at radius 1 is 1.67 bits per heavy atom. The van der Waals surface area contributed by atoms with Crippen molar-refractivity contribution in [1.82, 2.24) is 10.2 Å². The average Bonchev–Trinajstić information content (AvgIpc) is 2.65. The molecule has 0 saturated carbocycles. The summed E-state index contributed by atoms with van der Waals surface area (Å²) < 4.78 is 2.12. The quantitative estimate of drug-likeness (QED) is 0.153. The third-order valence-electron chi connectivity index (χ3n) is 2.16. The number of carbonyl (C=O) groups is 1. The van der Waals surface area contributed by atoms with Crippen LogP contribution in [0.15, 0.2) is 23.9 Å². The molecule has 0 aromatic carbocycles. The number of rotatable bonds is 3. The second kappa shape index (κ2) is 5.58. The van der Waals surface area contributed by atoms with E-state index in [9.17, 15) is 4.79 Å². The summed E-state index contributed by atoms with van der Waals surface area (Å²) in [7, 11) is 3.70. The van der Waals surface area contributed by atoms with Crippen molar-refractivity contribution in [1.29, 1.82) is 0 Å². The fourth-order valence-corrected chi connectivity index (χ4v) is 1.37. The van der Waals surface area contributed by atoms with Crippen molar-refractivity contribution in [3.05, 3.63) is 23.9 Å². The van der Waals surface area contributed by atoms with E-state index in [1.807, 2.05) is 7.05 Å². The van der Waals surface area contributed by atoms with Crippen LogP contribution in [0.1, 0.15) is 0 Å². The van der Waals surface area contributed by atoms with E-state index in [4.69, 9.17) is 10.9 Å². The fraction of sp³-hybridized carbons (Fsp3) is 0.143. The molecule has 1 aliphatic rings. The minimum atomic E-state index is -0.568. The molecule has 0 bridgehead atoms. The van der Waals surface area contributed by atoms with E-state index in [0.717, 1.165) is 25.7 Å². The first-order valence-electron chi connectivity index (χ1n) is 4.59. The summed E-state index contributed by atoms with van der Waals surface area (Å²) in [6.45, 7) is 2.06. The summed E-state index contributed by atoms with van der Waals surface area (Å²) >= 11 is 0. The Balaban J connectivity index is 2.66. The first kappa shape index (κ1) is 11.8. The van der Waals surface area contributed by atoms with E-state index < -0.39 is 5.91 Å². The molecule has 15 heavy (non-hydrogen) atoms. The summed E-state index contributed by atoms with van der Waals surface area (Å²) in [5.41, 5.74) is 7.77. The Labute approximate surface area is 90.4 Å². The molecule has 1 rings (SSSR count). The molecule has 0 atom stereocenters. The van der Waals surface area contributed by atoms with Crippen LogP contribution in [0.4, 0.5) is 0 Å². The number of nitrogens with one attached hydrogen (secondary N) is 1. The van der Waals surface area contributed by atoms with E-state index in [2.05, 4.69) is 11.5 Å². The zero-order chi connectivity index (χ0) is 11.3. The third kappa shape index (κ3) is 3.41. The molecule has 0 fully saturated rings. The summed E-state index contributed by atoms with van der Waals surface area (Å²) in [5.74, 6) is -0.568. The number of hydrogen-bond acceptors (Lipinski definition) is 4. The van der Waals surface area contributed by atoms with Gasteiger partial charge in [-0.1, -0.05) is 0 Å². The Bertz CT molecular complexity index is 340. The molecule has 1 heterocycles. The summed E-state index contributed by atoms with van der Waals surface area (Å²) in [6.07, 6.45) is 4.26. The van der Waals surface area contributed by atoms with Crippen molar-refractivity contribution in [3.63, 3.8) is 0 Å². The number of carbonyl (C=O) groups excluding carboxylic acids is 1. The molecule has 1 aliphatic heterocycles. The van der Waals surface area contributed by atoms with Crippen molar-refractivity contribution in [3.8, 4) is 0 Å². The molecule has 0 spiro atoms. The molecule has 0 aliphatic carbocycles. The molecule has 5 nitrogen and oxygen atoms in total. The topological polar surface area (TPSA) is 78.6 Å². The fourth-order valence-electron chi connectivity index (χ4n) is 1.37. The first-order chi connectivity index (χ1) is 7.17. The second-order valence-electron chi connectivity index (χ2n) is 3.36. The van der Waals surface area contributed by atoms with Gasteiger partial charge in [-0.05, 0) is 0 Å². The van der Waals surface area contributed by atoms with Crippen LogP contribution >= 0.6 is 0 Å². The van der Waals surface area contributed by atoms with Gasteiger partial charge in [-0.15, -0.1) is 0 Å². The maximum absolute atomic E-state index is 10.8. The van der Waals surface area contributed by atoms with E-state index in [1.54, 1.807) is 6.08 Å². The zero-order valence-electron chi connectivity index (χ0n) is 8.60. The Kier molecular flexibility index (Phi) is 4.39. The van der Waals surface area contributed by atoms with E-state index in [-0.39, 0.29) is 0 Å². The summed E-state index contributed by atoms with van der Waals surface area (Å²) in [6, 6.07) is 0. The van der Waals surface area contributed by atoms with Gasteiger partial charge in [0, 0.05) is 0 Å². The molecule has 1 amide bonds. The van der Waals surface area contributed by atoms with Crippen LogP contribution in [0.5, 0.6) is 0 Å². The first-order valence-corrected chi connectivity index (χ1v) is 4.59. The number of hydroxylamine groups is 1. The molecule has 4 N–H and O–H groups in total. The van der Waals surface area contributed by atoms with E-state index in [1.165, 1.54) is 17.8 Å². The Hall–Kier alpha value is -1.27. The molecule has 0 unspecified atom stereocenters. The Morgan fingerprint density at radius 3 is 2.87 bits per heavy atom. The predicted octanol–water partition coefficient (Wildman–Crippen LogP) is -2.71. The molecule has 76 valence electrons. The van der Waals surface area contributed by atoms with Gasteiger partial charge in [0.05, 0.1) is 0 Å². The van der Waals surface area contributed by atoms with Gasteiger partial charge in [-0.3, -0.25) is 0 Å². The SMILES string of the molecule is CN1BB=C(C(=C/N)/C=C/C(=O)NO)B1. The molecule has 0 saturated heterocycles. The van der Waals surface area contributed by atoms with Crippen molar-refractivity contribution in [2.24, 2.45) is 5.73 Å². The maximum atomic E-state index is 10.8. The number of amides is 1. The van der Waals surface area contributed by atoms with Crippen LogP contribution in [0, 0.1) is 0 Å². The molecule has 0 aromatic heterocycles. The van der Waals surface area contributed by atoms with Gasteiger partial charge in [0.15, 0.2) is 0 Å². The van der Waals surface area contributed by atoms with Crippen molar-refractivity contribution < 1.29 is 10.0 Å².